The summed E-state index contributed by atoms with van der Waals surface area (Å²) in [4.78, 5) is 12.9. The third kappa shape index (κ3) is 4.72. The van der Waals surface area contributed by atoms with E-state index in [0.29, 0.717) is 41.0 Å². The first-order valence-electron chi connectivity index (χ1n) is 9.58. The quantitative estimate of drug-likeness (QED) is 0.358. The summed E-state index contributed by atoms with van der Waals surface area (Å²) in [6.45, 7) is 0.392. The van der Waals surface area contributed by atoms with Crippen molar-refractivity contribution in [1.82, 2.24) is 0 Å². The molecule has 1 unspecified atom stereocenters. The van der Waals surface area contributed by atoms with Gasteiger partial charge in [-0.2, -0.15) is 5.26 Å². The lowest BCUT2D eigenvalue weighted by Crippen LogP contribution is -2.23. The zero-order valence-corrected chi connectivity index (χ0v) is 16.4. The Bertz CT molecular complexity index is 1080. The van der Waals surface area contributed by atoms with Crippen LogP contribution in [0.5, 0.6) is 0 Å². The topological polar surface area (TPSA) is 129 Å². The lowest BCUT2D eigenvalue weighted by atomic mass is 9.94. The highest BCUT2D eigenvalue weighted by molar-refractivity contribution is 6.14. The Morgan fingerprint density at radius 2 is 1.77 bits per heavy atom. The van der Waals surface area contributed by atoms with Crippen molar-refractivity contribution < 1.29 is 4.79 Å². The maximum atomic E-state index is 12.9. The van der Waals surface area contributed by atoms with Crippen molar-refractivity contribution in [3.05, 3.63) is 95.1 Å². The SMILES string of the molecule is N#Cc1ccc(C(=N)c2cc(NC(=O)C(CCN)c3ccccc3)ccc2N)cc1. The van der Waals surface area contributed by atoms with Crippen molar-refractivity contribution in [3.63, 3.8) is 0 Å². The predicted molar refractivity (Wildman–Crippen MR) is 119 cm³/mol. The van der Waals surface area contributed by atoms with E-state index in [9.17, 15) is 4.79 Å². The largest absolute Gasteiger partial charge is 0.398 e. The second-order valence-corrected chi connectivity index (χ2v) is 6.90. The number of benzene rings is 3. The lowest BCUT2D eigenvalue weighted by molar-refractivity contribution is -0.117. The van der Waals surface area contributed by atoms with Crippen molar-refractivity contribution in [3.8, 4) is 6.07 Å². The number of rotatable bonds is 7. The number of nitrogens with zero attached hydrogens (tertiary/aromatic N) is 1. The number of nitrogens with one attached hydrogen (secondary N) is 2. The maximum absolute atomic E-state index is 12.9. The molecule has 6 nitrogen and oxygen atoms in total. The van der Waals surface area contributed by atoms with Gasteiger partial charge in [0.2, 0.25) is 5.91 Å². The Labute approximate surface area is 175 Å². The second kappa shape index (κ2) is 9.50. The van der Waals surface area contributed by atoms with Gasteiger partial charge in [-0.1, -0.05) is 42.5 Å². The van der Waals surface area contributed by atoms with Crippen molar-refractivity contribution >= 4 is 23.0 Å². The molecule has 1 atom stereocenters. The van der Waals surface area contributed by atoms with Crippen LogP contribution in [0.25, 0.3) is 0 Å². The molecule has 3 rings (SSSR count). The van der Waals surface area contributed by atoms with Crippen LogP contribution >= 0.6 is 0 Å². The van der Waals surface area contributed by atoms with Crippen LogP contribution in [0.3, 0.4) is 0 Å². The van der Waals surface area contributed by atoms with Crippen molar-refractivity contribution in [2.75, 3.05) is 17.6 Å². The van der Waals surface area contributed by atoms with Crippen molar-refractivity contribution in [2.45, 2.75) is 12.3 Å². The highest BCUT2D eigenvalue weighted by Gasteiger charge is 2.20. The second-order valence-electron chi connectivity index (χ2n) is 6.90. The van der Waals surface area contributed by atoms with E-state index in [4.69, 9.17) is 22.1 Å². The Kier molecular flexibility index (Phi) is 6.58. The van der Waals surface area contributed by atoms with Crippen LogP contribution in [0.1, 0.15) is 34.6 Å². The molecular formula is C24H23N5O. The number of nitrogens with two attached hydrogens (primary N) is 2. The van der Waals surface area contributed by atoms with Gasteiger partial charge in [-0.25, -0.2) is 0 Å². The molecule has 0 fully saturated rings. The molecule has 30 heavy (non-hydrogen) atoms. The first-order chi connectivity index (χ1) is 14.5. The predicted octanol–water partition coefficient (Wildman–Crippen LogP) is 3.63. The van der Waals surface area contributed by atoms with Gasteiger partial charge in [-0.3, -0.25) is 10.2 Å². The fourth-order valence-electron chi connectivity index (χ4n) is 3.25. The Morgan fingerprint density at radius 1 is 1.07 bits per heavy atom. The third-order valence-electron chi connectivity index (χ3n) is 4.87. The molecule has 6 N–H and O–H groups in total. The summed E-state index contributed by atoms with van der Waals surface area (Å²) in [7, 11) is 0. The molecule has 0 aliphatic carbocycles. The van der Waals surface area contributed by atoms with Gasteiger partial charge in [0.1, 0.15) is 0 Å². The molecule has 6 heteroatoms. The maximum Gasteiger partial charge on any atom is 0.231 e. The van der Waals surface area contributed by atoms with Crippen LogP contribution < -0.4 is 16.8 Å². The van der Waals surface area contributed by atoms with Crippen LogP contribution in [0.4, 0.5) is 11.4 Å². The van der Waals surface area contributed by atoms with Crippen LogP contribution in [0, 0.1) is 16.7 Å². The summed E-state index contributed by atoms with van der Waals surface area (Å²) in [6.07, 6.45) is 0.527. The van der Waals surface area contributed by atoms with E-state index in [1.54, 1.807) is 42.5 Å². The number of carbonyl (C=O) groups excluding carboxylic acids is 1. The monoisotopic (exact) mass is 397 g/mol. The molecule has 0 radical (unpaired) electrons. The van der Waals surface area contributed by atoms with E-state index in [1.165, 1.54) is 0 Å². The van der Waals surface area contributed by atoms with Crippen LogP contribution in [-0.4, -0.2) is 18.2 Å². The summed E-state index contributed by atoms with van der Waals surface area (Å²) in [5.74, 6) is -0.526. The molecule has 1 amide bonds. The summed E-state index contributed by atoms with van der Waals surface area (Å²) in [5, 5.41) is 20.4. The van der Waals surface area contributed by atoms with Crippen LogP contribution in [0.15, 0.2) is 72.8 Å². The molecule has 0 aromatic heterocycles. The number of nitrogen functional groups attached to an aromatic ring is 1. The molecule has 0 aliphatic rings. The summed E-state index contributed by atoms with van der Waals surface area (Å²) in [6, 6.07) is 23.4. The Morgan fingerprint density at radius 3 is 2.40 bits per heavy atom. The first kappa shape index (κ1) is 20.8. The zero-order valence-electron chi connectivity index (χ0n) is 16.4. The standard InChI is InChI=1S/C24H23N5O/c25-13-12-20(17-4-2-1-3-5-17)24(30)29-19-10-11-22(27)21(14-19)23(28)18-8-6-16(15-26)7-9-18/h1-11,14,20,28H,12-13,25,27H2,(H,29,30). The average molecular weight is 397 g/mol. The van der Waals surface area contributed by atoms with Gasteiger partial charge in [-0.05, 0) is 48.9 Å². The van der Waals surface area contributed by atoms with Gasteiger partial charge in [-0.15, -0.1) is 0 Å². The van der Waals surface area contributed by atoms with Crippen molar-refractivity contribution in [2.24, 2.45) is 5.73 Å². The van der Waals surface area contributed by atoms with Crippen LogP contribution in [-0.2, 0) is 4.79 Å². The number of amides is 1. The van der Waals surface area contributed by atoms with Gasteiger partial charge in [0.25, 0.3) is 0 Å². The zero-order chi connectivity index (χ0) is 21.5. The normalized spacial score (nSPS) is 11.3. The van der Waals surface area contributed by atoms with Gasteiger partial charge >= 0.3 is 0 Å². The fourth-order valence-corrected chi connectivity index (χ4v) is 3.25. The van der Waals surface area contributed by atoms with E-state index >= 15 is 0 Å². The van der Waals surface area contributed by atoms with Gasteiger partial charge in [0.05, 0.1) is 23.3 Å². The highest BCUT2D eigenvalue weighted by Crippen LogP contribution is 2.25. The number of hydrogen-bond donors (Lipinski definition) is 4. The van der Waals surface area contributed by atoms with E-state index in [1.807, 2.05) is 30.3 Å². The van der Waals surface area contributed by atoms with E-state index in [0.717, 1.165) is 5.56 Å². The molecule has 0 heterocycles. The van der Waals surface area contributed by atoms with Gasteiger partial charge in [0, 0.05) is 22.5 Å². The minimum atomic E-state index is -0.366. The molecule has 150 valence electrons. The number of anilines is 2. The molecule has 0 spiro atoms. The van der Waals surface area contributed by atoms with Crippen LogP contribution in [0.2, 0.25) is 0 Å². The molecule has 3 aromatic rings. The number of hydrogen-bond acceptors (Lipinski definition) is 5. The average Bonchev–Trinajstić information content (AvgIpc) is 2.78. The van der Waals surface area contributed by atoms with E-state index < -0.39 is 0 Å². The minimum Gasteiger partial charge on any atom is -0.398 e. The molecule has 0 saturated carbocycles. The Hall–Kier alpha value is -3.95. The van der Waals surface area contributed by atoms with E-state index in [-0.39, 0.29) is 17.5 Å². The highest BCUT2D eigenvalue weighted by atomic mass is 16.1. The van der Waals surface area contributed by atoms with Gasteiger partial charge in [0.15, 0.2) is 0 Å². The summed E-state index contributed by atoms with van der Waals surface area (Å²) in [5.41, 5.74) is 15.6. The minimum absolute atomic E-state index is 0.160. The molecule has 0 saturated heterocycles. The molecular weight excluding hydrogens is 374 g/mol. The number of carbonyl (C=O) groups is 1. The number of nitriles is 1. The van der Waals surface area contributed by atoms with E-state index in [2.05, 4.69) is 11.4 Å². The molecule has 0 bridgehead atoms. The fraction of sp³-hybridized carbons (Fsp3) is 0.125. The van der Waals surface area contributed by atoms with Gasteiger partial charge < -0.3 is 16.8 Å². The third-order valence-corrected chi connectivity index (χ3v) is 4.87. The smallest absolute Gasteiger partial charge is 0.231 e. The lowest BCUT2D eigenvalue weighted by Gasteiger charge is -2.17. The molecule has 3 aromatic carbocycles. The van der Waals surface area contributed by atoms with Crippen molar-refractivity contribution in [1.29, 1.82) is 10.7 Å². The Balaban J connectivity index is 1.84. The molecule has 0 aliphatic heterocycles. The first-order valence-corrected chi connectivity index (χ1v) is 9.58. The summed E-state index contributed by atoms with van der Waals surface area (Å²) >= 11 is 0. The summed E-state index contributed by atoms with van der Waals surface area (Å²) < 4.78 is 0.